The molecule has 0 bridgehead atoms. The topological polar surface area (TPSA) is 116 Å². The third-order valence-corrected chi connectivity index (χ3v) is 5.69. The van der Waals surface area contributed by atoms with Crippen LogP contribution in [0.25, 0.3) is 32.8 Å². The van der Waals surface area contributed by atoms with E-state index in [9.17, 15) is 9.90 Å². The van der Waals surface area contributed by atoms with E-state index >= 15 is 0 Å². The van der Waals surface area contributed by atoms with Crippen LogP contribution < -0.4 is 11.5 Å². The number of benzene rings is 3. The number of aliphatic hydroxyl groups is 1. The zero-order chi connectivity index (χ0) is 22.8. The van der Waals surface area contributed by atoms with Crippen LogP contribution in [0, 0.1) is 0 Å². The van der Waals surface area contributed by atoms with E-state index in [1.807, 2.05) is 48.0 Å². The van der Waals surface area contributed by atoms with E-state index in [4.69, 9.17) is 16.2 Å². The summed E-state index contributed by atoms with van der Waals surface area (Å²) in [6, 6.07) is 18.0. The zero-order valence-corrected chi connectivity index (χ0v) is 18.1. The number of ether oxygens (including phenoxy) is 1. The van der Waals surface area contributed by atoms with Crippen molar-refractivity contribution in [1.82, 2.24) is 4.57 Å². The summed E-state index contributed by atoms with van der Waals surface area (Å²) in [6.45, 7) is 2.02. The molecule has 5 N–H and O–H groups in total. The molecule has 0 unspecified atom stereocenters. The van der Waals surface area contributed by atoms with Gasteiger partial charge in [-0.1, -0.05) is 42.5 Å². The van der Waals surface area contributed by atoms with E-state index in [0.29, 0.717) is 11.3 Å². The highest BCUT2D eigenvalue weighted by molar-refractivity contribution is 6.08. The van der Waals surface area contributed by atoms with E-state index in [0.717, 1.165) is 38.4 Å². The highest BCUT2D eigenvalue weighted by atomic mass is 16.5. The first-order valence-corrected chi connectivity index (χ1v) is 10.4. The van der Waals surface area contributed by atoms with Crippen molar-refractivity contribution in [3.8, 4) is 11.1 Å². The molecule has 4 aromatic rings. The van der Waals surface area contributed by atoms with Crippen LogP contribution in [-0.4, -0.2) is 28.2 Å². The van der Waals surface area contributed by atoms with Gasteiger partial charge < -0.3 is 25.9 Å². The van der Waals surface area contributed by atoms with Gasteiger partial charge in [-0.25, -0.2) is 9.79 Å². The standard InChI is InChI=1S/C25H26N4O3/c1-3-32-24(31)23-20-12-19(18-10-6-8-15-7-4-5-9-17(15)18)16(14-30)11-21(20)29(2)22(23)13-28-25(26)27/h4-12,30H,3,13-14H2,1-2H3,(H4,26,27,28). The molecule has 0 radical (unpaired) electrons. The Morgan fingerprint density at radius 2 is 1.81 bits per heavy atom. The SMILES string of the molecule is CCOC(=O)c1c(CN=C(N)N)n(C)c2cc(CO)c(-c3cccc4ccccc34)cc12. The summed E-state index contributed by atoms with van der Waals surface area (Å²) in [7, 11) is 1.85. The molecule has 32 heavy (non-hydrogen) atoms. The molecule has 0 spiro atoms. The second-order valence-corrected chi connectivity index (χ2v) is 7.55. The summed E-state index contributed by atoms with van der Waals surface area (Å²) in [6.07, 6.45) is 0. The predicted molar refractivity (Wildman–Crippen MR) is 127 cm³/mol. The number of carbonyl (C=O) groups is 1. The number of nitrogens with two attached hydrogens (primary N) is 2. The Hall–Kier alpha value is -3.84. The van der Waals surface area contributed by atoms with Gasteiger partial charge >= 0.3 is 5.97 Å². The number of fused-ring (bicyclic) bond motifs is 2. The molecule has 1 heterocycles. The van der Waals surface area contributed by atoms with Crippen molar-refractivity contribution in [3.63, 3.8) is 0 Å². The molecule has 0 atom stereocenters. The molecule has 0 saturated heterocycles. The lowest BCUT2D eigenvalue weighted by atomic mass is 9.93. The monoisotopic (exact) mass is 430 g/mol. The number of guanidine groups is 1. The molecule has 3 aromatic carbocycles. The summed E-state index contributed by atoms with van der Waals surface area (Å²) in [5.74, 6) is -0.489. The van der Waals surface area contributed by atoms with Crippen molar-refractivity contribution in [2.75, 3.05) is 6.61 Å². The first-order chi connectivity index (χ1) is 15.5. The van der Waals surface area contributed by atoms with Crippen molar-refractivity contribution < 1.29 is 14.6 Å². The molecule has 0 aliphatic heterocycles. The van der Waals surface area contributed by atoms with Crippen LogP contribution in [-0.2, 0) is 24.9 Å². The molecular weight excluding hydrogens is 404 g/mol. The molecule has 0 aliphatic rings. The third-order valence-electron chi connectivity index (χ3n) is 5.69. The van der Waals surface area contributed by atoms with Crippen LogP contribution in [0.15, 0.2) is 59.6 Å². The largest absolute Gasteiger partial charge is 0.462 e. The fourth-order valence-electron chi connectivity index (χ4n) is 4.20. The van der Waals surface area contributed by atoms with Crippen molar-refractivity contribution >= 4 is 33.6 Å². The van der Waals surface area contributed by atoms with E-state index in [-0.39, 0.29) is 25.7 Å². The van der Waals surface area contributed by atoms with Crippen LogP contribution in [0.3, 0.4) is 0 Å². The first kappa shape index (κ1) is 21.4. The minimum atomic E-state index is -0.431. The van der Waals surface area contributed by atoms with Gasteiger partial charge in [-0.15, -0.1) is 0 Å². The van der Waals surface area contributed by atoms with Gasteiger partial charge in [-0.3, -0.25) is 0 Å². The lowest BCUT2D eigenvalue weighted by Crippen LogP contribution is -2.23. The van der Waals surface area contributed by atoms with E-state index in [2.05, 4.69) is 23.2 Å². The summed E-state index contributed by atoms with van der Waals surface area (Å²) >= 11 is 0. The predicted octanol–water partition coefficient (Wildman–Crippen LogP) is 3.44. The highest BCUT2D eigenvalue weighted by Gasteiger charge is 2.24. The van der Waals surface area contributed by atoms with Crippen LogP contribution in [0.5, 0.6) is 0 Å². The second kappa shape index (κ2) is 8.72. The van der Waals surface area contributed by atoms with E-state index in [1.165, 1.54) is 0 Å². The van der Waals surface area contributed by atoms with Crippen molar-refractivity contribution in [2.24, 2.45) is 23.5 Å². The fraction of sp³-hybridized carbons (Fsp3) is 0.200. The Morgan fingerprint density at radius 1 is 1.06 bits per heavy atom. The molecule has 0 amide bonds. The first-order valence-electron chi connectivity index (χ1n) is 10.4. The van der Waals surface area contributed by atoms with Crippen molar-refractivity contribution in [3.05, 3.63) is 71.4 Å². The van der Waals surface area contributed by atoms with E-state index < -0.39 is 5.97 Å². The number of aromatic nitrogens is 1. The lowest BCUT2D eigenvalue weighted by Gasteiger charge is -2.12. The number of esters is 1. The Balaban J connectivity index is 2.05. The van der Waals surface area contributed by atoms with Gasteiger partial charge in [0.25, 0.3) is 0 Å². The van der Waals surface area contributed by atoms with Gasteiger partial charge in [0.1, 0.15) is 0 Å². The van der Waals surface area contributed by atoms with Gasteiger partial charge in [0.15, 0.2) is 5.96 Å². The van der Waals surface area contributed by atoms with Crippen molar-refractivity contribution in [2.45, 2.75) is 20.1 Å². The van der Waals surface area contributed by atoms with Gasteiger partial charge in [-0.05, 0) is 46.5 Å². The minimum Gasteiger partial charge on any atom is -0.462 e. The van der Waals surface area contributed by atoms with Gasteiger partial charge in [0.05, 0.1) is 31.0 Å². The molecule has 1 aromatic heterocycles. The molecule has 0 aliphatic carbocycles. The number of nitrogens with zero attached hydrogens (tertiary/aromatic N) is 2. The molecule has 4 rings (SSSR count). The Labute approximate surface area is 185 Å². The molecule has 7 heteroatoms. The third kappa shape index (κ3) is 3.67. The number of rotatable bonds is 6. The number of aryl methyl sites for hydroxylation is 1. The zero-order valence-electron chi connectivity index (χ0n) is 18.1. The summed E-state index contributed by atoms with van der Waals surface area (Å²) < 4.78 is 7.23. The van der Waals surface area contributed by atoms with E-state index in [1.54, 1.807) is 6.92 Å². The van der Waals surface area contributed by atoms with Crippen molar-refractivity contribution in [1.29, 1.82) is 0 Å². The minimum absolute atomic E-state index is 0.0578. The quantitative estimate of drug-likeness (QED) is 0.246. The number of hydrogen-bond donors (Lipinski definition) is 3. The Kier molecular flexibility index (Phi) is 5.83. The maximum absolute atomic E-state index is 13.0. The summed E-state index contributed by atoms with van der Waals surface area (Å²) in [4.78, 5) is 17.1. The average molecular weight is 431 g/mol. The number of aliphatic hydroxyl groups excluding tert-OH is 1. The number of hydrogen-bond acceptors (Lipinski definition) is 4. The maximum Gasteiger partial charge on any atom is 0.340 e. The lowest BCUT2D eigenvalue weighted by molar-refractivity contribution is 0.0527. The summed E-state index contributed by atoms with van der Waals surface area (Å²) in [5, 5.41) is 13.1. The van der Waals surface area contributed by atoms with Gasteiger partial charge in [0.2, 0.25) is 0 Å². The van der Waals surface area contributed by atoms with Gasteiger partial charge in [-0.2, -0.15) is 0 Å². The summed E-state index contributed by atoms with van der Waals surface area (Å²) in [5.41, 5.74) is 15.6. The normalized spacial score (nSPS) is 11.1. The highest BCUT2D eigenvalue weighted by Crippen LogP contribution is 2.37. The van der Waals surface area contributed by atoms with Crippen LogP contribution >= 0.6 is 0 Å². The smallest absolute Gasteiger partial charge is 0.340 e. The van der Waals surface area contributed by atoms with Crippen LogP contribution in [0.1, 0.15) is 28.5 Å². The second-order valence-electron chi connectivity index (χ2n) is 7.55. The number of carbonyl (C=O) groups excluding carboxylic acids is 1. The average Bonchev–Trinajstić information content (AvgIpc) is 3.07. The molecule has 0 fully saturated rings. The van der Waals surface area contributed by atoms with Crippen LogP contribution in [0.4, 0.5) is 0 Å². The molecule has 0 saturated carbocycles. The Morgan fingerprint density at radius 3 is 2.53 bits per heavy atom. The van der Waals surface area contributed by atoms with Gasteiger partial charge in [0, 0.05) is 18.0 Å². The fourth-order valence-corrected chi connectivity index (χ4v) is 4.20. The number of aliphatic imine (C=N–C) groups is 1. The Bertz CT molecular complexity index is 1350. The molecular formula is C25H26N4O3. The van der Waals surface area contributed by atoms with Crippen LogP contribution in [0.2, 0.25) is 0 Å². The molecule has 7 nitrogen and oxygen atoms in total. The molecule has 164 valence electrons. The maximum atomic E-state index is 13.0.